The Morgan fingerprint density at radius 2 is 2.47 bits per heavy atom. The molecule has 17 heavy (non-hydrogen) atoms. The summed E-state index contributed by atoms with van der Waals surface area (Å²) in [6, 6.07) is 2.09. The average Bonchev–Trinajstić information content (AvgIpc) is 2.39. The Hall–Kier alpha value is -1.33. The third kappa shape index (κ3) is 2.87. The summed E-state index contributed by atoms with van der Waals surface area (Å²) in [6.07, 6.45) is 3.64. The second-order valence-electron chi connectivity index (χ2n) is 4.07. The van der Waals surface area contributed by atoms with E-state index in [-0.39, 0.29) is 12.6 Å². The molecule has 1 fully saturated rings. The van der Waals surface area contributed by atoms with Gasteiger partial charge in [0.2, 0.25) is 0 Å². The van der Waals surface area contributed by atoms with Crippen LogP contribution in [0.3, 0.4) is 0 Å². The van der Waals surface area contributed by atoms with Crippen LogP contribution in [0.1, 0.15) is 6.92 Å². The van der Waals surface area contributed by atoms with Gasteiger partial charge in [0.15, 0.2) is 0 Å². The number of ether oxygens (including phenoxy) is 1. The van der Waals surface area contributed by atoms with E-state index in [4.69, 9.17) is 4.74 Å². The summed E-state index contributed by atoms with van der Waals surface area (Å²) in [4.78, 5) is 6.37. The molecular weight excluding hydrogens is 218 g/mol. The van der Waals surface area contributed by atoms with Crippen molar-refractivity contribution in [1.29, 1.82) is 0 Å². The van der Waals surface area contributed by atoms with Gasteiger partial charge < -0.3 is 20.1 Å². The number of nitrogens with zero attached hydrogens (tertiary/aromatic N) is 2. The Balaban J connectivity index is 2.16. The highest BCUT2D eigenvalue weighted by atomic mass is 16.5. The first-order valence-corrected chi connectivity index (χ1v) is 5.99. The van der Waals surface area contributed by atoms with E-state index in [1.165, 1.54) is 0 Å². The number of hydrogen-bond acceptors (Lipinski definition) is 5. The molecule has 1 unspecified atom stereocenters. The Bertz CT molecular complexity index is 359. The molecule has 2 heterocycles. The standard InChI is InChI=1S/C12H19N3O2/c1-2-14-10-5-11(7-13-6-10)15-3-4-17-9-12(15)8-16/h5-7,12,14,16H,2-4,8-9H2,1H3. The van der Waals surface area contributed by atoms with Gasteiger partial charge in [0.05, 0.1) is 49.6 Å². The third-order valence-corrected chi connectivity index (χ3v) is 2.87. The number of nitrogens with one attached hydrogen (secondary N) is 1. The molecule has 0 saturated carbocycles. The first-order chi connectivity index (χ1) is 8.35. The summed E-state index contributed by atoms with van der Waals surface area (Å²) < 4.78 is 5.36. The summed E-state index contributed by atoms with van der Waals surface area (Å²) in [7, 11) is 0. The molecule has 1 saturated heterocycles. The van der Waals surface area contributed by atoms with Gasteiger partial charge in [0.25, 0.3) is 0 Å². The van der Waals surface area contributed by atoms with Crippen molar-refractivity contribution in [2.75, 3.05) is 43.1 Å². The zero-order chi connectivity index (χ0) is 12.1. The van der Waals surface area contributed by atoms with Crippen LogP contribution in [0.25, 0.3) is 0 Å². The van der Waals surface area contributed by atoms with E-state index in [1.807, 2.05) is 6.20 Å². The van der Waals surface area contributed by atoms with E-state index in [2.05, 4.69) is 28.2 Å². The SMILES string of the molecule is CCNc1cncc(N2CCOCC2CO)c1. The van der Waals surface area contributed by atoms with Gasteiger partial charge in [-0.25, -0.2) is 0 Å². The van der Waals surface area contributed by atoms with Crippen LogP contribution in [0, 0.1) is 0 Å². The minimum absolute atomic E-state index is 0.0300. The maximum atomic E-state index is 9.34. The van der Waals surface area contributed by atoms with Crippen LogP contribution >= 0.6 is 0 Å². The number of morpholine rings is 1. The molecule has 2 rings (SSSR count). The van der Waals surface area contributed by atoms with E-state index in [0.717, 1.165) is 24.5 Å². The van der Waals surface area contributed by atoms with Gasteiger partial charge in [-0.15, -0.1) is 0 Å². The summed E-state index contributed by atoms with van der Waals surface area (Å²) in [5, 5.41) is 12.6. The fourth-order valence-corrected chi connectivity index (χ4v) is 2.03. The van der Waals surface area contributed by atoms with Crippen LogP contribution in [-0.4, -0.2) is 49.0 Å². The predicted octanol–water partition coefficient (Wildman–Crippen LogP) is 0.711. The van der Waals surface area contributed by atoms with Gasteiger partial charge in [0, 0.05) is 13.1 Å². The van der Waals surface area contributed by atoms with Gasteiger partial charge in [0.1, 0.15) is 0 Å². The summed E-state index contributed by atoms with van der Waals surface area (Å²) >= 11 is 0. The molecule has 94 valence electrons. The smallest absolute Gasteiger partial charge is 0.0756 e. The summed E-state index contributed by atoms with van der Waals surface area (Å²) in [5.41, 5.74) is 2.04. The van der Waals surface area contributed by atoms with Crippen LogP contribution in [0.4, 0.5) is 11.4 Å². The molecule has 1 aliphatic rings. The molecule has 5 heteroatoms. The Morgan fingerprint density at radius 3 is 3.24 bits per heavy atom. The van der Waals surface area contributed by atoms with E-state index in [9.17, 15) is 5.11 Å². The Kier molecular flexibility index (Phi) is 4.17. The van der Waals surface area contributed by atoms with Crippen molar-refractivity contribution in [2.45, 2.75) is 13.0 Å². The highest BCUT2D eigenvalue weighted by Crippen LogP contribution is 2.21. The molecule has 1 atom stereocenters. The predicted molar refractivity (Wildman–Crippen MR) is 67.4 cm³/mol. The lowest BCUT2D eigenvalue weighted by atomic mass is 10.2. The van der Waals surface area contributed by atoms with Gasteiger partial charge in [-0.3, -0.25) is 4.98 Å². The number of hydrogen-bond donors (Lipinski definition) is 2. The first-order valence-electron chi connectivity index (χ1n) is 5.99. The fourth-order valence-electron chi connectivity index (χ4n) is 2.03. The summed E-state index contributed by atoms with van der Waals surface area (Å²) in [6.45, 7) is 5.09. The van der Waals surface area contributed by atoms with Crippen molar-refractivity contribution in [2.24, 2.45) is 0 Å². The topological polar surface area (TPSA) is 57.6 Å². The van der Waals surface area contributed by atoms with E-state index >= 15 is 0 Å². The maximum Gasteiger partial charge on any atom is 0.0756 e. The number of rotatable bonds is 4. The lowest BCUT2D eigenvalue weighted by Gasteiger charge is -2.36. The molecule has 1 aliphatic heterocycles. The van der Waals surface area contributed by atoms with Crippen molar-refractivity contribution < 1.29 is 9.84 Å². The van der Waals surface area contributed by atoms with Gasteiger partial charge in [-0.05, 0) is 13.0 Å². The average molecular weight is 237 g/mol. The van der Waals surface area contributed by atoms with Crippen LogP contribution in [0.5, 0.6) is 0 Å². The monoisotopic (exact) mass is 237 g/mol. The van der Waals surface area contributed by atoms with Crippen LogP contribution in [0.2, 0.25) is 0 Å². The highest BCUT2D eigenvalue weighted by molar-refractivity contribution is 5.56. The molecule has 1 aromatic rings. The van der Waals surface area contributed by atoms with Crippen molar-refractivity contribution in [1.82, 2.24) is 4.98 Å². The van der Waals surface area contributed by atoms with E-state index < -0.39 is 0 Å². The number of aliphatic hydroxyl groups is 1. The molecule has 5 nitrogen and oxygen atoms in total. The lowest BCUT2D eigenvalue weighted by molar-refractivity contribution is 0.0727. The van der Waals surface area contributed by atoms with Gasteiger partial charge in [-0.1, -0.05) is 0 Å². The van der Waals surface area contributed by atoms with E-state index in [0.29, 0.717) is 13.2 Å². The van der Waals surface area contributed by atoms with Crippen LogP contribution in [0.15, 0.2) is 18.5 Å². The fraction of sp³-hybridized carbons (Fsp3) is 0.583. The second kappa shape index (κ2) is 5.84. The molecule has 0 aliphatic carbocycles. The van der Waals surface area contributed by atoms with Gasteiger partial charge >= 0.3 is 0 Å². The third-order valence-electron chi connectivity index (χ3n) is 2.87. The molecule has 0 bridgehead atoms. The van der Waals surface area contributed by atoms with Crippen molar-refractivity contribution >= 4 is 11.4 Å². The van der Waals surface area contributed by atoms with Crippen molar-refractivity contribution in [3.63, 3.8) is 0 Å². The van der Waals surface area contributed by atoms with Crippen LogP contribution < -0.4 is 10.2 Å². The zero-order valence-corrected chi connectivity index (χ0v) is 10.1. The Morgan fingerprint density at radius 1 is 1.59 bits per heavy atom. The van der Waals surface area contributed by atoms with Crippen LogP contribution in [-0.2, 0) is 4.74 Å². The summed E-state index contributed by atoms with van der Waals surface area (Å²) in [5.74, 6) is 0. The molecule has 0 aromatic carbocycles. The number of aliphatic hydroxyl groups excluding tert-OH is 1. The molecule has 1 aromatic heterocycles. The quantitative estimate of drug-likeness (QED) is 0.807. The number of aromatic nitrogens is 1. The molecule has 0 spiro atoms. The van der Waals surface area contributed by atoms with Crippen molar-refractivity contribution in [3.8, 4) is 0 Å². The molecule has 2 N–H and O–H groups in total. The minimum Gasteiger partial charge on any atom is -0.394 e. The number of anilines is 2. The minimum atomic E-state index is 0.0300. The largest absolute Gasteiger partial charge is 0.394 e. The zero-order valence-electron chi connectivity index (χ0n) is 10.1. The Labute approximate surface area is 101 Å². The molecule has 0 radical (unpaired) electrons. The first kappa shape index (κ1) is 12.1. The molecule has 0 amide bonds. The number of pyridine rings is 1. The lowest BCUT2D eigenvalue weighted by Crippen LogP contribution is -2.47. The van der Waals surface area contributed by atoms with Gasteiger partial charge in [-0.2, -0.15) is 0 Å². The maximum absolute atomic E-state index is 9.34. The van der Waals surface area contributed by atoms with Crippen molar-refractivity contribution in [3.05, 3.63) is 18.5 Å². The second-order valence-corrected chi connectivity index (χ2v) is 4.07. The molecular formula is C12H19N3O2. The normalized spacial score (nSPS) is 20.4. The highest BCUT2D eigenvalue weighted by Gasteiger charge is 2.22. The van der Waals surface area contributed by atoms with E-state index in [1.54, 1.807) is 6.20 Å².